The smallest absolute Gasteiger partial charge is 0.0769 e. The lowest BCUT2D eigenvalue weighted by atomic mass is 9.95. The molecule has 0 amide bonds. The maximum atomic E-state index is 5.80. The van der Waals surface area contributed by atoms with Gasteiger partial charge >= 0.3 is 0 Å². The highest BCUT2D eigenvalue weighted by Gasteiger charge is 2.30. The third-order valence-electron chi connectivity index (χ3n) is 2.49. The molecule has 0 aromatic rings. The Bertz CT molecular complexity index is 138. The molecule has 1 fully saturated rings. The third kappa shape index (κ3) is 2.19. The van der Waals surface area contributed by atoms with Crippen LogP contribution in [0.4, 0.5) is 0 Å². The molecule has 0 aromatic carbocycles. The van der Waals surface area contributed by atoms with Crippen LogP contribution < -0.4 is 5.73 Å². The van der Waals surface area contributed by atoms with Crippen molar-refractivity contribution in [3.63, 3.8) is 0 Å². The summed E-state index contributed by atoms with van der Waals surface area (Å²) < 4.78 is 10.9. The minimum absolute atomic E-state index is 0.0463. The minimum Gasteiger partial charge on any atom is -0.380 e. The van der Waals surface area contributed by atoms with Gasteiger partial charge in [-0.1, -0.05) is 13.8 Å². The zero-order valence-corrected chi connectivity index (χ0v) is 8.12. The second kappa shape index (κ2) is 4.21. The van der Waals surface area contributed by atoms with Crippen molar-refractivity contribution >= 4 is 0 Å². The van der Waals surface area contributed by atoms with Crippen LogP contribution in [0.5, 0.6) is 0 Å². The van der Waals surface area contributed by atoms with Crippen LogP contribution in [0.15, 0.2) is 0 Å². The largest absolute Gasteiger partial charge is 0.380 e. The van der Waals surface area contributed by atoms with Gasteiger partial charge in [0.15, 0.2) is 0 Å². The van der Waals surface area contributed by atoms with Crippen molar-refractivity contribution in [2.45, 2.75) is 38.5 Å². The molecule has 0 radical (unpaired) electrons. The Hall–Kier alpha value is -0.120. The standard InChI is InChI=1S/C9H19NO2/c1-6(2)8-4-9(11-3)7(10)5-12-8/h6-9H,4-5,10H2,1-3H3. The Kier molecular flexibility index (Phi) is 3.50. The lowest BCUT2D eigenvalue weighted by molar-refractivity contribution is -0.0870. The molecule has 1 saturated heterocycles. The van der Waals surface area contributed by atoms with Crippen molar-refractivity contribution in [2.24, 2.45) is 11.7 Å². The summed E-state index contributed by atoms with van der Waals surface area (Å²) in [5.41, 5.74) is 5.80. The van der Waals surface area contributed by atoms with Crippen LogP contribution in [-0.4, -0.2) is 32.0 Å². The van der Waals surface area contributed by atoms with Gasteiger partial charge in [-0.2, -0.15) is 0 Å². The van der Waals surface area contributed by atoms with Crippen LogP contribution >= 0.6 is 0 Å². The molecule has 1 aliphatic rings. The number of nitrogens with two attached hydrogens (primary N) is 1. The summed E-state index contributed by atoms with van der Waals surface area (Å²) in [5.74, 6) is 0.551. The fourth-order valence-electron chi connectivity index (χ4n) is 1.55. The van der Waals surface area contributed by atoms with E-state index >= 15 is 0 Å². The zero-order valence-electron chi connectivity index (χ0n) is 8.12. The predicted molar refractivity (Wildman–Crippen MR) is 48.0 cm³/mol. The van der Waals surface area contributed by atoms with Crippen LogP contribution in [0.1, 0.15) is 20.3 Å². The maximum Gasteiger partial charge on any atom is 0.0769 e. The molecule has 3 heteroatoms. The predicted octanol–water partition coefficient (Wildman–Crippen LogP) is 0.774. The Balaban J connectivity index is 2.44. The van der Waals surface area contributed by atoms with Crippen molar-refractivity contribution < 1.29 is 9.47 Å². The van der Waals surface area contributed by atoms with Crippen molar-refractivity contribution in [3.05, 3.63) is 0 Å². The number of hydrogen-bond donors (Lipinski definition) is 1. The van der Waals surface area contributed by atoms with Gasteiger partial charge in [0.2, 0.25) is 0 Å². The zero-order chi connectivity index (χ0) is 9.14. The Morgan fingerprint density at radius 2 is 2.17 bits per heavy atom. The maximum absolute atomic E-state index is 5.80. The summed E-state index contributed by atoms with van der Waals surface area (Å²) >= 11 is 0. The summed E-state index contributed by atoms with van der Waals surface area (Å²) in [7, 11) is 1.72. The molecule has 72 valence electrons. The van der Waals surface area contributed by atoms with Crippen LogP contribution in [0, 0.1) is 5.92 Å². The summed E-state index contributed by atoms with van der Waals surface area (Å²) in [4.78, 5) is 0. The van der Waals surface area contributed by atoms with Crippen LogP contribution in [0.25, 0.3) is 0 Å². The van der Waals surface area contributed by atoms with E-state index in [2.05, 4.69) is 13.8 Å². The summed E-state index contributed by atoms with van der Waals surface area (Å²) in [6.45, 7) is 4.95. The Labute approximate surface area is 74.2 Å². The normalized spacial score (nSPS) is 37.2. The molecule has 3 nitrogen and oxygen atoms in total. The van der Waals surface area contributed by atoms with Gasteiger partial charge in [-0.05, 0) is 5.92 Å². The fourth-order valence-corrected chi connectivity index (χ4v) is 1.55. The minimum atomic E-state index is 0.0463. The van der Waals surface area contributed by atoms with Gasteiger partial charge in [0.05, 0.1) is 24.9 Å². The molecule has 1 heterocycles. The quantitative estimate of drug-likeness (QED) is 0.671. The Morgan fingerprint density at radius 1 is 1.50 bits per heavy atom. The van der Waals surface area contributed by atoms with E-state index in [1.807, 2.05) is 0 Å². The van der Waals surface area contributed by atoms with Gasteiger partial charge in [-0.3, -0.25) is 0 Å². The molecule has 12 heavy (non-hydrogen) atoms. The van der Waals surface area contributed by atoms with Crippen LogP contribution in [0.2, 0.25) is 0 Å². The molecule has 2 N–H and O–H groups in total. The highest BCUT2D eigenvalue weighted by Crippen LogP contribution is 2.21. The van der Waals surface area contributed by atoms with Crippen molar-refractivity contribution in [3.8, 4) is 0 Å². The van der Waals surface area contributed by atoms with Gasteiger partial charge in [0.1, 0.15) is 0 Å². The van der Waals surface area contributed by atoms with E-state index in [-0.39, 0.29) is 12.1 Å². The summed E-state index contributed by atoms with van der Waals surface area (Å²) in [6, 6.07) is 0.0463. The second-order valence-electron chi connectivity index (χ2n) is 3.79. The van der Waals surface area contributed by atoms with Gasteiger partial charge in [0, 0.05) is 13.5 Å². The summed E-state index contributed by atoms with van der Waals surface area (Å²) in [6.07, 6.45) is 1.41. The Morgan fingerprint density at radius 3 is 2.67 bits per heavy atom. The highest BCUT2D eigenvalue weighted by atomic mass is 16.5. The van der Waals surface area contributed by atoms with Gasteiger partial charge in [-0.25, -0.2) is 0 Å². The number of methoxy groups -OCH3 is 1. The molecule has 0 aliphatic carbocycles. The monoisotopic (exact) mass is 173 g/mol. The fraction of sp³-hybridized carbons (Fsp3) is 1.00. The number of rotatable bonds is 2. The van der Waals surface area contributed by atoms with E-state index < -0.39 is 0 Å². The topological polar surface area (TPSA) is 44.5 Å². The third-order valence-corrected chi connectivity index (χ3v) is 2.49. The molecule has 1 aliphatic heterocycles. The first-order valence-corrected chi connectivity index (χ1v) is 4.55. The van der Waals surface area contributed by atoms with E-state index in [1.54, 1.807) is 7.11 Å². The molecule has 3 unspecified atom stereocenters. The molecular formula is C9H19NO2. The van der Waals surface area contributed by atoms with E-state index in [4.69, 9.17) is 15.2 Å². The van der Waals surface area contributed by atoms with Crippen molar-refractivity contribution in [2.75, 3.05) is 13.7 Å². The number of ether oxygens (including phenoxy) is 2. The van der Waals surface area contributed by atoms with Gasteiger partial charge < -0.3 is 15.2 Å². The first-order valence-electron chi connectivity index (χ1n) is 4.55. The van der Waals surface area contributed by atoms with Crippen molar-refractivity contribution in [1.29, 1.82) is 0 Å². The van der Waals surface area contributed by atoms with Crippen molar-refractivity contribution in [1.82, 2.24) is 0 Å². The second-order valence-corrected chi connectivity index (χ2v) is 3.79. The SMILES string of the molecule is COC1CC(C(C)C)OCC1N. The van der Waals surface area contributed by atoms with Crippen LogP contribution in [0.3, 0.4) is 0 Å². The van der Waals surface area contributed by atoms with Gasteiger partial charge in [-0.15, -0.1) is 0 Å². The van der Waals surface area contributed by atoms with E-state index in [0.29, 0.717) is 18.6 Å². The average Bonchev–Trinajstić information content (AvgIpc) is 2.05. The lowest BCUT2D eigenvalue weighted by Gasteiger charge is -2.35. The molecule has 1 rings (SSSR count). The molecule has 0 aromatic heterocycles. The van der Waals surface area contributed by atoms with E-state index in [1.165, 1.54) is 0 Å². The van der Waals surface area contributed by atoms with E-state index in [0.717, 1.165) is 6.42 Å². The van der Waals surface area contributed by atoms with Gasteiger partial charge in [0.25, 0.3) is 0 Å². The number of hydrogen-bond acceptors (Lipinski definition) is 3. The highest BCUT2D eigenvalue weighted by molar-refractivity contribution is 4.82. The van der Waals surface area contributed by atoms with E-state index in [9.17, 15) is 0 Å². The molecule has 3 atom stereocenters. The summed E-state index contributed by atoms with van der Waals surface area (Å²) in [5, 5.41) is 0. The molecule has 0 saturated carbocycles. The van der Waals surface area contributed by atoms with Crippen LogP contribution in [-0.2, 0) is 9.47 Å². The molecule has 0 bridgehead atoms. The first kappa shape index (κ1) is 9.96. The molecular weight excluding hydrogens is 154 g/mol. The lowest BCUT2D eigenvalue weighted by Crippen LogP contribution is -2.48. The first-order chi connectivity index (χ1) is 5.65. The molecule has 0 spiro atoms. The average molecular weight is 173 g/mol.